The molecule has 0 radical (unpaired) electrons. The van der Waals surface area contributed by atoms with Crippen molar-refractivity contribution >= 4 is 27.3 Å². The summed E-state index contributed by atoms with van der Waals surface area (Å²) in [6.07, 6.45) is 5.36. The number of hydrogen-bond acceptors (Lipinski definition) is 1. The second kappa shape index (κ2) is 2.91. The highest BCUT2D eigenvalue weighted by molar-refractivity contribution is 9.11. The first kappa shape index (κ1) is 7.81. The molecule has 0 bridgehead atoms. The molecular weight excluding hydrogens is 220 g/mol. The van der Waals surface area contributed by atoms with Gasteiger partial charge < -0.3 is 0 Å². The van der Waals surface area contributed by atoms with Crippen LogP contribution < -0.4 is 0 Å². The Morgan fingerprint density at radius 2 is 1.82 bits per heavy atom. The second-order valence-electron chi connectivity index (χ2n) is 3.10. The summed E-state index contributed by atoms with van der Waals surface area (Å²) in [4.78, 5) is 1.52. The molecule has 0 amide bonds. The zero-order valence-electron chi connectivity index (χ0n) is 6.61. The smallest absolute Gasteiger partial charge is 0.0736 e. The van der Waals surface area contributed by atoms with Crippen molar-refractivity contribution in [3.8, 4) is 0 Å². The molecule has 0 aromatic carbocycles. The van der Waals surface area contributed by atoms with Gasteiger partial charge in [0.25, 0.3) is 0 Å². The van der Waals surface area contributed by atoms with E-state index in [4.69, 9.17) is 0 Å². The lowest BCUT2D eigenvalue weighted by molar-refractivity contribution is 0.686. The fraction of sp³-hybridized carbons (Fsp3) is 0.556. The average molecular weight is 231 g/mol. The van der Waals surface area contributed by atoms with Crippen molar-refractivity contribution in [3.63, 3.8) is 0 Å². The van der Waals surface area contributed by atoms with Gasteiger partial charge in [-0.25, -0.2) is 0 Å². The van der Waals surface area contributed by atoms with Gasteiger partial charge in [0, 0.05) is 4.88 Å². The number of hydrogen-bond donors (Lipinski definition) is 0. The van der Waals surface area contributed by atoms with Crippen molar-refractivity contribution < 1.29 is 0 Å². The molecule has 60 valence electrons. The van der Waals surface area contributed by atoms with Crippen molar-refractivity contribution in [1.29, 1.82) is 0 Å². The number of aryl methyl sites for hydroxylation is 1. The van der Waals surface area contributed by atoms with E-state index in [0.29, 0.717) is 0 Å². The topological polar surface area (TPSA) is 0 Å². The van der Waals surface area contributed by atoms with Crippen LogP contribution in [0.5, 0.6) is 0 Å². The van der Waals surface area contributed by atoms with Crippen LogP contribution in [-0.2, 0) is 12.8 Å². The fourth-order valence-electron chi connectivity index (χ4n) is 1.77. The highest BCUT2D eigenvalue weighted by atomic mass is 79.9. The van der Waals surface area contributed by atoms with Gasteiger partial charge in [-0.05, 0) is 59.7 Å². The minimum Gasteiger partial charge on any atom is -0.133 e. The molecule has 2 heteroatoms. The Morgan fingerprint density at radius 3 is 2.45 bits per heavy atom. The van der Waals surface area contributed by atoms with Gasteiger partial charge in [0.2, 0.25) is 0 Å². The van der Waals surface area contributed by atoms with Crippen LogP contribution in [0.2, 0.25) is 0 Å². The zero-order valence-corrected chi connectivity index (χ0v) is 9.02. The van der Waals surface area contributed by atoms with E-state index < -0.39 is 0 Å². The van der Waals surface area contributed by atoms with Gasteiger partial charge in [-0.2, -0.15) is 0 Å². The second-order valence-corrected chi connectivity index (χ2v) is 5.64. The molecule has 0 nitrogen and oxygen atoms in total. The lowest BCUT2D eigenvalue weighted by Crippen LogP contribution is -2.00. The summed E-state index contributed by atoms with van der Waals surface area (Å²) < 4.78 is 1.38. The zero-order chi connectivity index (χ0) is 7.84. The highest BCUT2D eigenvalue weighted by Gasteiger charge is 2.16. The van der Waals surface area contributed by atoms with Crippen molar-refractivity contribution in [2.45, 2.75) is 32.6 Å². The van der Waals surface area contributed by atoms with E-state index in [2.05, 4.69) is 22.9 Å². The first-order valence-corrected chi connectivity index (χ1v) is 5.66. The van der Waals surface area contributed by atoms with Gasteiger partial charge in [-0.3, -0.25) is 0 Å². The summed E-state index contributed by atoms with van der Waals surface area (Å²) >= 11 is 5.52. The summed E-state index contributed by atoms with van der Waals surface area (Å²) in [5.74, 6) is 0. The molecule has 0 aliphatic heterocycles. The molecule has 1 heterocycles. The summed E-state index contributed by atoms with van der Waals surface area (Å²) in [6, 6.07) is 0. The normalized spacial score (nSPS) is 16.5. The minimum absolute atomic E-state index is 1.29. The molecule has 1 aliphatic rings. The lowest BCUT2D eigenvalue weighted by Gasteiger charge is -2.11. The molecule has 1 aromatic heterocycles. The van der Waals surface area contributed by atoms with Gasteiger partial charge in [0.05, 0.1) is 3.79 Å². The maximum atomic E-state index is 3.62. The van der Waals surface area contributed by atoms with Crippen molar-refractivity contribution in [2.75, 3.05) is 0 Å². The lowest BCUT2D eigenvalue weighted by atomic mass is 9.94. The van der Waals surface area contributed by atoms with Gasteiger partial charge >= 0.3 is 0 Å². The minimum atomic E-state index is 1.29. The monoisotopic (exact) mass is 230 g/mol. The maximum Gasteiger partial charge on any atom is 0.0736 e. The summed E-state index contributed by atoms with van der Waals surface area (Å²) in [5.41, 5.74) is 3.23. The van der Waals surface area contributed by atoms with Gasteiger partial charge in [0.1, 0.15) is 0 Å². The standard InChI is InChI=1S/C9H11BrS/c1-6-7-4-2-3-5-8(7)9(10)11-6/h2-5H2,1H3. The van der Waals surface area contributed by atoms with Crippen LogP contribution in [0.3, 0.4) is 0 Å². The predicted octanol–water partition coefficient (Wildman–Crippen LogP) is 3.70. The molecular formula is C9H11BrS. The molecule has 1 aromatic rings. The van der Waals surface area contributed by atoms with Crippen LogP contribution in [0.15, 0.2) is 3.79 Å². The largest absolute Gasteiger partial charge is 0.133 e. The van der Waals surface area contributed by atoms with Gasteiger partial charge in [-0.15, -0.1) is 11.3 Å². The van der Waals surface area contributed by atoms with Crippen molar-refractivity contribution in [2.24, 2.45) is 0 Å². The molecule has 0 N–H and O–H groups in total. The molecule has 0 fully saturated rings. The third kappa shape index (κ3) is 1.27. The number of thiophene rings is 1. The molecule has 1 aliphatic carbocycles. The Labute approximate surface area is 79.8 Å². The third-order valence-electron chi connectivity index (χ3n) is 2.37. The Balaban J connectivity index is 2.52. The van der Waals surface area contributed by atoms with Crippen LogP contribution in [0.1, 0.15) is 28.8 Å². The Kier molecular flexibility index (Phi) is 2.06. The molecule has 0 saturated heterocycles. The maximum absolute atomic E-state index is 3.62. The quantitative estimate of drug-likeness (QED) is 0.638. The fourth-order valence-corrected chi connectivity index (χ4v) is 3.90. The summed E-state index contributed by atoms with van der Waals surface area (Å²) in [7, 11) is 0. The predicted molar refractivity (Wildman–Crippen MR) is 53.4 cm³/mol. The van der Waals surface area contributed by atoms with Crippen molar-refractivity contribution in [3.05, 3.63) is 19.8 Å². The molecule has 0 atom stereocenters. The SMILES string of the molecule is Cc1sc(Br)c2c1CCCC2. The Morgan fingerprint density at radius 1 is 1.18 bits per heavy atom. The van der Waals surface area contributed by atoms with E-state index in [1.165, 1.54) is 34.3 Å². The first-order valence-electron chi connectivity index (χ1n) is 4.05. The van der Waals surface area contributed by atoms with E-state index in [0.717, 1.165) is 0 Å². The Bertz CT molecular complexity index is 249. The average Bonchev–Trinajstić information content (AvgIpc) is 2.30. The number of rotatable bonds is 0. The first-order chi connectivity index (χ1) is 5.29. The van der Waals surface area contributed by atoms with E-state index in [1.807, 2.05) is 11.3 Å². The summed E-state index contributed by atoms with van der Waals surface area (Å²) in [5, 5.41) is 0. The summed E-state index contributed by atoms with van der Waals surface area (Å²) in [6.45, 7) is 2.24. The Hall–Kier alpha value is 0.180. The van der Waals surface area contributed by atoms with E-state index in [9.17, 15) is 0 Å². The molecule has 0 saturated carbocycles. The van der Waals surface area contributed by atoms with Crippen LogP contribution in [0, 0.1) is 6.92 Å². The van der Waals surface area contributed by atoms with E-state index in [-0.39, 0.29) is 0 Å². The highest BCUT2D eigenvalue weighted by Crippen LogP contribution is 2.37. The third-order valence-corrected chi connectivity index (χ3v) is 4.32. The van der Waals surface area contributed by atoms with Crippen LogP contribution in [0.4, 0.5) is 0 Å². The molecule has 0 unspecified atom stereocenters. The van der Waals surface area contributed by atoms with E-state index in [1.54, 1.807) is 11.1 Å². The van der Waals surface area contributed by atoms with Crippen LogP contribution in [-0.4, -0.2) is 0 Å². The van der Waals surface area contributed by atoms with Crippen LogP contribution in [0.25, 0.3) is 0 Å². The van der Waals surface area contributed by atoms with Gasteiger partial charge in [-0.1, -0.05) is 0 Å². The molecule has 2 rings (SSSR count). The van der Waals surface area contributed by atoms with E-state index >= 15 is 0 Å². The number of halogens is 1. The molecule has 0 spiro atoms. The van der Waals surface area contributed by atoms with Crippen molar-refractivity contribution in [1.82, 2.24) is 0 Å². The number of fused-ring (bicyclic) bond motifs is 1. The van der Waals surface area contributed by atoms with Gasteiger partial charge in [0.15, 0.2) is 0 Å². The molecule has 11 heavy (non-hydrogen) atoms. The van der Waals surface area contributed by atoms with Crippen LogP contribution >= 0.6 is 27.3 Å².